The minimum atomic E-state index is -3.96. The first kappa shape index (κ1) is 22.1. The van der Waals surface area contributed by atoms with Crippen molar-refractivity contribution < 1.29 is 26.4 Å². The van der Waals surface area contributed by atoms with E-state index in [0.717, 1.165) is 4.31 Å². The number of halogens is 1. The van der Waals surface area contributed by atoms with E-state index in [1.807, 2.05) is 0 Å². The maximum Gasteiger partial charge on any atom is 0.243 e. The molecule has 0 aromatic heterocycles. The fraction of sp³-hybridized carbons (Fsp3) is 0.188. The molecule has 0 saturated carbocycles. The van der Waals surface area contributed by atoms with Crippen molar-refractivity contribution >= 4 is 43.2 Å². The largest absolute Gasteiger partial charge is 0.495 e. The van der Waals surface area contributed by atoms with Crippen LogP contribution in [0.5, 0.6) is 5.75 Å². The summed E-state index contributed by atoms with van der Waals surface area (Å²) in [5.41, 5.74) is 0.288. The molecule has 0 aliphatic heterocycles. The molecule has 0 atom stereocenters. The van der Waals surface area contributed by atoms with Crippen LogP contribution in [0.4, 0.5) is 5.69 Å². The van der Waals surface area contributed by atoms with Gasteiger partial charge in [-0.25, -0.2) is 22.0 Å². The van der Waals surface area contributed by atoms with Gasteiger partial charge in [0.15, 0.2) is 0 Å². The Morgan fingerprint density at radius 1 is 1.11 bits per heavy atom. The third-order valence-corrected chi connectivity index (χ3v) is 6.69. The molecule has 0 spiro atoms. The number of methoxy groups -OCH3 is 1. The Balaban J connectivity index is 2.09. The lowest BCUT2D eigenvalue weighted by atomic mass is 10.3. The number of carbonyl (C=O) groups excluding carboxylic acids is 1. The number of amides is 1. The van der Waals surface area contributed by atoms with Gasteiger partial charge in [0, 0.05) is 12.7 Å². The fourth-order valence-corrected chi connectivity index (χ4v) is 4.19. The molecular formula is C16H18ClN3O6S2. The quantitative estimate of drug-likeness (QED) is 0.655. The summed E-state index contributed by atoms with van der Waals surface area (Å²) in [4.78, 5) is 11.9. The third kappa shape index (κ3) is 5.20. The molecule has 0 saturated heterocycles. The lowest BCUT2D eigenvalue weighted by Crippen LogP contribution is -2.35. The second-order valence-corrected chi connectivity index (χ2v) is 9.69. The maximum absolute atomic E-state index is 12.6. The second-order valence-electron chi connectivity index (χ2n) is 5.67. The summed E-state index contributed by atoms with van der Waals surface area (Å²) in [6, 6.07) is 9.10. The molecule has 2 rings (SSSR count). The van der Waals surface area contributed by atoms with Crippen molar-refractivity contribution in [2.75, 3.05) is 26.0 Å². The number of primary sulfonamides is 1. The number of hydrogen-bond donors (Lipinski definition) is 2. The average Bonchev–Trinajstić information content (AvgIpc) is 2.61. The number of nitrogens with zero attached hydrogens (tertiary/aromatic N) is 1. The van der Waals surface area contributed by atoms with E-state index in [1.54, 1.807) is 0 Å². The van der Waals surface area contributed by atoms with Gasteiger partial charge in [-0.2, -0.15) is 4.31 Å². The van der Waals surface area contributed by atoms with E-state index in [1.165, 1.54) is 56.6 Å². The lowest BCUT2D eigenvalue weighted by molar-refractivity contribution is -0.116. The zero-order chi connectivity index (χ0) is 21.1. The van der Waals surface area contributed by atoms with Crippen molar-refractivity contribution in [2.24, 2.45) is 5.14 Å². The molecule has 3 N–H and O–H groups in total. The maximum atomic E-state index is 12.6. The van der Waals surface area contributed by atoms with Gasteiger partial charge in [-0.15, -0.1) is 0 Å². The van der Waals surface area contributed by atoms with Crippen molar-refractivity contribution in [3.8, 4) is 5.75 Å². The van der Waals surface area contributed by atoms with E-state index in [9.17, 15) is 21.6 Å². The van der Waals surface area contributed by atoms with Gasteiger partial charge < -0.3 is 10.1 Å². The van der Waals surface area contributed by atoms with E-state index in [-0.39, 0.29) is 20.5 Å². The van der Waals surface area contributed by atoms with Crippen LogP contribution in [0.2, 0.25) is 5.02 Å². The van der Waals surface area contributed by atoms with Crippen LogP contribution in [-0.2, 0) is 24.8 Å². The van der Waals surface area contributed by atoms with Gasteiger partial charge in [-0.05, 0) is 42.5 Å². The zero-order valence-electron chi connectivity index (χ0n) is 14.9. The van der Waals surface area contributed by atoms with E-state index in [0.29, 0.717) is 5.75 Å². The summed E-state index contributed by atoms with van der Waals surface area (Å²) in [6.45, 7) is -0.469. The van der Waals surface area contributed by atoms with E-state index < -0.39 is 32.5 Å². The number of carbonyl (C=O) groups is 1. The van der Waals surface area contributed by atoms with Gasteiger partial charge in [-0.1, -0.05) is 11.6 Å². The van der Waals surface area contributed by atoms with E-state index in [4.69, 9.17) is 21.5 Å². The lowest BCUT2D eigenvalue weighted by Gasteiger charge is -2.17. The van der Waals surface area contributed by atoms with Gasteiger partial charge in [0.1, 0.15) is 5.75 Å². The standard InChI is InChI=1S/C16H18ClN3O6S2/c1-20(28(24,25)13-7-8-15(26-2)14(17)9-13)10-16(21)19-11-3-5-12(6-4-11)27(18,22)23/h3-9H,10H2,1-2H3,(H,19,21)(H2,18,22,23). The van der Waals surface area contributed by atoms with E-state index in [2.05, 4.69) is 5.32 Å². The van der Waals surface area contributed by atoms with E-state index >= 15 is 0 Å². The van der Waals surface area contributed by atoms with Crippen LogP contribution in [0.15, 0.2) is 52.3 Å². The molecule has 2 aromatic carbocycles. The van der Waals surface area contributed by atoms with Crippen LogP contribution in [0.1, 0.15) is 0 Å². The van der Waals surface area contributed by atoms with Crippen molar-refractivity contribution in [1.29, 1.82) is 0 Å². The summed E-state index contributed by atoms with van der Waals surface area (Å²) >= 11 is 5.96. The molecule has 9 nitrogen and oxygen atoms in total. The Labute approximate surface area is 168 Å². The second kappa shape index (κ2) is 8.45. The Kier molecular flexibility index (Phi) is 6.67. The number of anilines is 1. The Morgan fingerprint density at radius 3 is 2.18 bits per heavy atom. The Morgan fingerprint density at radius 2 is 1.68 bits per heavy atom. The fourth-order valence-electron chi connectivity index (χ4n) is 2.20. The zero-order valence-corrected chi connectivity index (χ0v) is 17.3. The van der Waals surface area contributed by atoms with Crippen molar-refractivity contribution in [3.63, 3.8) is 0 Å². The summed E-state index contributed by atoms with van der Waals surface area (Å²) in [5.74, 6) is -0.294. The molecule has 2 aromatic rings. The number of ether oxygens (including phenoxy) is 1. The highest BCUT2D eigenvalue weighted by molar-refractivity contribution is 7.89. The minimum Gasteiger partial charge on any atom is -0.495 e. The monoisotopic (exact) mass is 447 g/mol. The number of sulfonamides is 2. The molecule has 0 aliphatic rings. The molecule has 1 amide bonds. The molecule has 28 heavy (non-hydrogen) atoms. The van der Waals surface area contributed by atoms with Crippen molar-refractivity contribution in [3.05, 3.63) is 47.5 Å². The van der Waals surface area contributed by atoms with Gasteiger partial charge in [0.05, 0.1) is 28.5 Å². The summed E-state index contributed by atoms with van der Waals surface area (Å²) in [5, 5.41) is 7.60. The topological polar surface area (TPSA) is 136 Å². The number of likely N-dealkylation sites (N-methyl/N-ethyl adjacent to an activating group) is 1. The van der Waals surface area contributed by atoms with Crippen molar-refractivity contribution in [1.82, 2.24) is 4.31 Å². The molecule has 12 heteroatoms. The summed E-state index contributed by atoms with van der Waals surface area (Å²) in [7, 11) is -5.16. The van der Waals surface area contributed by atoms with Crippen LogP contribution in [0.3, 0.4) is 0 Å². The normalized spacial score (nSPS) is 12.0. The Hall–Kier alpha value is -2.18. The van der Waals surface area contributed by atoms with Gasteiger partial charge in [-0.3, -0.25) is 4.79 Å². The van der Waals surface area contributed by atoms with Crippen LogP contribution in [0, 0.1) is 0 Å². The summed E-state index contributed by atoms with van der Waals surface area (Å²) < 4.78 is 53.5. The number of benzene rings is 2. The highest BCUT2D eigenvalue weighted by atomic mass is 35.5. The third-order valence-electron chi connectivity index (χ3n) is 3.66. The number of nitrogens with two attached hydrogens (primary N) is 1. The number of rotatable bonds is 7. The molecule has 0 radical (unpaired) electrons. The average molecular weight is 448 g/mol. The smallest absolute Gasteiger partial charge is 0.243 e. The van der Waals surface area contributed by atoms with Crippen LogP contribution >= 0.6 is 11.6 Å². The molecule has 152 valence electrons. The summed E-state index contributed by atoms with van der Waals surface area (Å²) in [6.07, 6.45) is 0. The SMILES string of the molecule is COc1ccc(S(=O)(=O)N(C)CC(=O)Nc2ccc(S(N)(=O)=O)cc2)cc1Cl. The highest BCUT2D eigenvalue weighted by Crippen LogP contribution is 2.28. The Bertz CT molecular complexity index is 1090. The predicted octanol–water partition coefficient (Wildman–Crippen LogP) is 1.26. The molecular weight excluding hydrogens is 430 g/mol. The minimum absolute atomic E-state index is 0.0916. The molecule has 0 unspecified atom stereocenters. The predicted molar refractivity (Wildman–Crippen MR) is 104 cm³/mol. The molecule has 0 fully saturated rings. The first-order valence-electron chi connectivity index (χ1n) is 7.68. The van der Waals surface area contributed by atoms with Crippen LogP contribution in [0.25, 0.3) is 0 Å². The highest BCUT2D eigenvalue weighted by Gasteiger charge is 2.24. The number of nitrogens with one attached hydrogen (secondary N) is 1. The van der Waals surface area contributed by atoms with Gasteiger partial charge >= 0.3 is 0 Å². The van der Waals surface area contributed by atoms with Crippen molar-refractivity contribution in [2.45, 2.75) is 9.79 Å². The van der Waals surface area contributed by atoms with Gasteiger partial charge in [0.25, 0.3) is 0 Å². The molecule has 0 bridgehead atoms. The van der Waals surface area contributed by atoms with Crippen LogP contribution in [-0.4, -0.2) is 47.8 Å². The van der Waals surface area contributed by atoms with Gasteiger partial charge in [0.2, 0.25) is 26.0 Å². The molecule has 0 heterocycles. The number of hydrogen-bond acceptors (Lipinski definition) is 6. The first-order chi connectivity index (χ1) is 12.9. The molecule has 0 aliphatic carbocycles. The van der Waals surface area contributed by atoms with Crippen LogP contribution < -0.4 is 15.2 Å². The first-order valence-corrected chi connectivity index (χ1v) is 11.0.